The van der Waals surface area contributed by atoms with Crippen molar-refractivity contribution in [1.82, 2.24) is 19.7 Å². The van der Waals surface area contributed by atoms with Gasteiger partial charge < -0.3 is 9.47 Å². The Bertz CT molecular complexity index is 631. The molecule has 0 spiro atoms. The van der Waals surface area contributed by atoms with Crippen LogP contribution in [0.15, 0.2) is 12.3 Å². The summed E-state index contributed by atoms with van der Waals surface area (Å²) in [7, 11) is 2.21. The average Bonchev–Trinajstić information content (AvgIpc) is 3.02. The second-order valence-corrected chi connectivity index (χ2v) is 6.61. The number of hydrogen-bond donors (Lipinski definition) is 0. The highest BCUT2D eigenvalue weighted by Gasteiger charge is 2.25. The molecular weight excluding hydrogens is 260 g/mol. The fourth-order valence-corrected chi connectivity index (χ4v) is 3.55. The van der Waals surface area contributed by atoms with Gasteiger partial charge in [0.15, 0.2) is 0 Å². The van der Waals surface area contributed by atoms with E-state index in [1.54, 1.807) is 0 Å². The number of likely N-dealkylation sites (tertiary alicyclic amines) is 1. The molecule has 0 aromatic carbocycles. The van der Waals surface area contributed by atoms with Crippen LogP contribution in [-0.4, -0.2) is 39.8 Å². The summed E-state index contributed by atoms with van der Waals surface area (Å²) >= 11 is 0. The van der Waals surface area contributed by atoms with Crippen LogP contribution in [0.1, 0.15) is 56.3 Å². The lowest BCUT2D eigenvalue weighted by Gasteiger charge is -2.14. The number of fused-ring (bicyclic) bond motifs is 1. The highest BCUT2D eigenvalue weighted by atomic mass is 15.2. The van der Waals surface area contributed by atoms with Crippen LogP contribution in [0.3, 0.4) is 0 Å². The predicted octanol–water partition coefficient (Wildman–Crippen LogP) is 3.52. The first-order valence-corrected chi connectivity index (χ1v) is 8.13. The van der Waals surface area contributed by atoms with Gasteiger partial charge in [-0.3, -0.25) is 0 Å². The second kappa shape index (κ2) is 5.76. The highest BCUT2D eigenvalue weighted by Crippen LogP contribution is 2.33. The Kier molecular flexibility index (Phi) is 3.98. The summed E-state index contributed by atoms with van der Waals surface area (Å²) < 4.78 is 2.46. The maximum atomic E-state index is 4.51. The van der Waals surface area contributed by atoms with E-state index in [0.717, 1.165) is 17.8 Å². The SMILES string of the molecule is CCCC(C)c1cn([C@@H]2CCN(C)C2)c2cc(C)nnc12. The van der Waals surface area contributed by atoms with Crippen molar-refractivity contribution < 1.29 is 0 Å². The van der Waals surface area contributed by atoms with Gasteiger partial charge in [-0.05, 0) is 45.3 Å². The summed E-state index contributed by atoms with van der Waals surface area (Å²) in [5.74, 6) is 0.551. The number of rotatable bonds is 4. The molecular formula is C17H26N4. The van der Waals surface area contributed by atoms with Gasteiger partial charge in [-0.1, -0.05) is 20.3 Å². The fraction of sp³-hybridized carbons (Fsp3) is 0.647. The summed E-state index contributed by atoms with van der Waals surface area (Å²) in [5.41, 5.74) is 4.74. The van der Waals surface area contributed by atoms with Crippen molar-refractivity contribution in [2.75, 3.05) is 20.1 Å². The van der Waals surface area contributed by atoms with Gasteiger partial charge in [0.25, 0.3) is 0 Å². The molecule has 1 unspecified atom stereocenters. The van der Waals surface area contributed by atoms with Gasteiger partial charge in [-0.2, -0.15) is 5.10 Å². The molecule has 1 saturated heterocycles. The minimum absolute atomic E-state index is 0.551. The molecule has 1 aliphatic rings. The lowest BCUT2D eigenvalue weighted by atomic mass is 9.98. The lowest BCUT2D eigenvalue weighted by Crippen LogP contribution is -2.16. The van der Waals surface area contributed by atoms with Crippen molar-refractivity contribution in [3.05, 3.63) is 23.5 Å². The molecule has 3 heterocycles. The van der Waals surface area contributed by atoms with Crippen molar-refractivity contribution in [3.8, 4) is 0 Å². The molecule has 4 nitrogen and oxygen atoms in total. The topological polar surface area (TPSA) is 34.0 Å². The summed E-state index contributed by atoms with van der Waals surface area (Å²) in [6.45, 7) is 8.90. The monoisotopic (exact) mass is 286 g/mol. The van der Waals surface area contributed by atoms with E-state index < -0.39 is 0 Å². The zero-order valence-corrected chi connectivity index (χ0v) is 13.6. The molecule has 0 bridgehead atoms. The lowest BCUT2D eigenvalue weighted by molar-refractivity contribution is 0.395. The number of aryl methyl sites for hydroxylation is 1. The largest absolute Gasteiger partial charge is 0.341 e. The molecule has 4 heteroatoms. The summed E-state index contributed by atoms with van der Waals surface area (Å²) in [5, 5.41) is 8.80. The van der Waals surface area contributed by atoms with E-state index in [4.69, 9.17) is 0 Å². The molecule has 2 atom stereocenters. The standard InChI is InChI=1S/C17H26N4/c1-5-6-12(2)15-11-21(14-7-8-20(4)10-14)16-9-13(3)18-19-17(15)16/h9,11-12,14H,5-8,10H2,1-4H3/t12?,14-/m1/s1. The van der Waals surface area contributed by atoms with Gasteiger partial charge in [-0.15, -0.1) is 5.10 Å². The van der Waals surface area contributed by atoms with Crippen molar-refractivity contribution >= 4 is 11.0 Å². The number of likely N-dealkylation sites (N-methyl/N-ethyl adjacent to an activating group) is 1. The van der Waals surface area contributed by atoms with E-state index in [2.05, 4.69) is 52.8 Å². The van der Waals surface area contributed by atoms with Gasteiger partial charge in [0.05, 0.1) is 11.2 Å². The third-order valence-corrected chi connectivity index (χ3v) is 4.74. The Morgan fingerprint density at radius 3 is 2.86 bits per heavy atom. The van der Waals surface area contributed by atoms with Gasteiger partial charge in [0.2, 0.25) is 0 Å². The van der Waals surface area contributed by atoms with E-state index in [0.29, 0.717) is 12.0 Å². The van der Waals surface area contributed by atoms with Crippen LogP contribution in [0.2, 0.25) is 0 Å². The van der Waals surface area contributed by atoms with Crippen LogP contribution in [0.5, 0.6) is 0 Å². The molecule has 3 rings (SSSR count). The van der Waals surface area contributed by atoms with Crippen LogP contribution < -0.4 is 0 Å². The number of hydrogen-bond acceptors (Lipinski definition) is 3. The third kappa shape index (κ3) is 2.69. The summed E-state index contributed by atoms with van der Waals surface area (Å²) in [4.78, 5) is 2.41. The zero-order valence-electron chi connectivity index (χ0n) is 13.6. The minimum atomic E-state index is 0.551. The van der Waals surface area contributed by atoms with Crippen LogP contribution >= 0.6 is 0 Å². The summed E-state index contributed by atoms with van der Waals surface area (Å²) in [6.07, 6.45) is 5.99. The molecule has 1 aliphatic heterocycles. The zero-order chi connectivity index (χ0) is 15.0. The van der Waals surface area contributed by atoms with Crippen LogP contribution in [0.4, 0.5) is 0 Å². The molecule has 0 N–H and O–H groups in total. The smallest absolute Gasteiger partial charge is 0.114 e. The molecule has 114 valence electrons. The maximum Gasteiger partial charge on any atom is 0.114 e. The minimum Gasteiger partial charge on any atom is -0.341 e. The van der Waals surface area contributed by atoms with Crippen molar-refractivity contribution in [2.24, 2.45) is 0 Å². The molecule has 1 fully saturated rings. The van der Waals surface area contributed by atoms with Crippen molar-refractivity contribution in [1.29, 1.82) is 0 Å². The van der Waals surface area contributed by atoms with Crippen LogP contribution in [-0.2, 0) is 0 Å². The quantitative estimate of drug-likeness (QED) is 0.862. The Labute approximate surface area is 127 Å². The third-order valence-electron chi connectivity index (χ3n) is 4.74. The first kappa shape index (κ1) is 14.5. The molecule has 21 heavy (non-hydrogen) atoms. The maximum absolute atomic E-state index is 4.51. The van der Waals surface area contributed by atoms with Gasteiger partial charge in [0.1, 0.15) is 5.52 Å². The first-order valence-electron chi connectivity index (χ1n) is 8.13. The Balaban J connectivity index is 2.08. The van der Waals surface area contributed by atoms with Gasteiger partial charge >= 0.3 is 0 Å². The number of aromatic nitrogens is 3. The van der Waals surface area contributed by atoms with Crippen LogP contribution in [0, 0.1) is 6.92 Å². The normalized spacial score (nSPS) is 21.2. The first-order chi connectivity index (χ1) is 10.1. The van der Waals surface area contributed by atoms with E-state index >= 15 is 0 Å². The van der Waals surface area contributed by atoms with Crippen molar-refractivity contribution in [2.45, 2.75) is 52.0 Å². The van der Waals surface area contributed by atoms with E-state index in [1.807, 2.05) is 6.92 Å². The fourth-order valence-electron chi connectivity index (χ4n) is 3.55. The Morgan fingerprint density at radius 2 is 2.19 bits per heavy atom. The molecule has 2 aromatic rings. The van der Waals surface area contributed by atoms with Gasteiger partial charge in [0, 0.05) is 24.3 Å². The molecule has 0 aliphatic carbocycles. The van der Waals surface area contributed by atoms with E-state index in [-0.39, 0.29) is 0 Å². The van der Waals surface area contributed by atoms with E-state index in [1.165, 1.54) is 36.9 Å². The molecule has 0 amide bonds. The second-order valence-electron chi connectivity index (χ2n) is 6.61. The molecule has 0 saturated carbocycles. The molecule has 2 aromatic heterocycles. The summed E-state index contributed by atoms with van der Waals surface area (Å²) in [6, 6.07) is 2.77. The van der Waals surface area contributed by atoms with Gasteiger partial charge in [-0.25, -0.2) is 0 Å². The number of nitrogens with zero attached hydrogens (tertiary/aromatic N) is 4. The average molecular weight is 286 g/mol. The molecule has 0 radical (unpaired) electrons. The predicted molar refractivity (Wildman–Crippen MR) is 86.7 cm³/mol. The van der Waals surface area contributed by atoms with Crippen molar-refractivity contribution in [3.63, 3.8) is 0 Å². The van der Waals surface area contributed by atoms with Crippen LogP contribution in [0.25, 0.3) is 11.0 Å². The van der Waals surface area contributed by atoms with E-state index in [9.17, 15) is 0 Å². The Hall–Kier alpha value is -1.42. The highest BCUT2D eigenvalue weighted by molar-refractivity contribution is 5.80. The Morgan fingerprint density at radius 1 is 1.38 bits per heavy atom.